The van der Waals surface area contributed by atoms with Crippen molar-refractivity contribution >= 4 is 5.91 Å². The van der Waals surface area contributed by atoms with Crippen LogP contribution in [0, 0.1) is 25.5 Å². The van der Waals surface area contributed by atoms with Crippen molar-refractivity contribution in [1.29, 1.82) is 0 Å². The van der Waals surface area contributed by atoms with Crippen LogP contribution in [-0.4, -0.2) is 43.2 Å². The normalized spacial score (nSPS) is 17.0. The van der Waals surface area contributed by atoms with Crippen LogP contribution in [0.25, 0.3) is 0 Å². The molecular weight excluding hydrogens is 352 g/mol. The van der Waals surface area contributed by atoms with Gasteiger partial charge in [0, 0.05) is 12.1 Å². The van der Waals surface area contributed by atoms with E-state index in [9.17, 15) is 13.6 Å². The second kappa shape index (κ2) is 8.48. The predicted molar refractivity (Wildman–Crippen MR) is 97.8 cm³/mol. The van der Waals surface area contributed by atoms with E-state index in [0.717, 1.165) is 11.3 Å². The van der Waals surface area contributed by atoms with Crippen LogP contribution < -0.4 is 4.74 Å². The van der Waals surface area contributed by atoms with Crippen LogP contribution >= 0.6 is 0 Å². The molecule has 2 aromatic carbocycles. The summed E-state index contributed by atoms with van der Waals surface area (Å²) in [6, 6.07) is 10.2. The van der Waals surface area contributed by atoms with Crippen LogP contribution in [0.3, 0.4) is 0 Å². The number of aryl methyl sites for hydroxylation is 2. The standard InChI is InChI=1S/C21H23F2NO3/c1-14-3-6-16(7-4-14)27-13-17-12-24(9-10-26-17)20(25)11-18-19(22)8-5-15(2)21(18)23/h3-8,17H,9-13H2,1-2H3. The molecule has 1 atom stereocenters. The van der Waals surface area contributed by atoms with Crippen molar-refractivity contribution in [2.24, 2.45) is 0 Å². The van der Waals surface area contributed by atoms with Gasteiger partial charge in [-0.25, -0.2) is 8.78 Å². The molecule has 1 saturated heterocycles. The maximum absolute atomic E-state index is 14.1. The van der Waals surface area contributed by atoms with Gasteiger partial charge in [0.15, 0.2) is 0 Å². The Labute approximate surface area is 157 Å². The number of carbonyl (C=O) groups is 1. The molecule has 144 valence electrons. The summed E-state index contributed by atoms with van der Waals surface area (Å²) in [7, 11) is 0. The zero-order valence-electron chi connectivity index (χ0n) is 15.5. The lowest BCUT2D eigenvalue weighted by molar-refractivity contribution is -0.139. The summed E-state index contributed by atoms with van der Waals surface area (Å²) in [4.78, 5) is 14.1. The van der Waals surface area contributed by atoms with Crippen molar-refractivity contribution in [3.05, 3.63) is 64.7 Å². The Bertz CT molecular complexity index is 808. The summed E-state index contributed by atoms with van der Waals surface area (Å²) in [6.07, 6.45) is -0.582. The van der Waals surface area contributed by atoms with Gasteiger partial charge in [0.2, 0.25) is 5.91 Å². The Hall–Kier alpha value is -2.47. The van der Waals surface area contributed by atoms with Gasteiger partial charge in [-0.2, -0.15) is 0 Å². The number of halogens is 2. The monoisotopic (exact) mass is 375 g/mol. The van der Waals surface area contributed by atoms with Crippen molar-refractivity contribution in [1.82, 2.24) is 4.90 Å². The van der Waals surface area contributed by atoms with E-state index in [1.165, 1.54) is 12.1 Å². The van der Waals surface area contributed by atoms with Crippen LogP contribution in [0.1, 0.15) is 16.7 Å². The fourth-order valence-electron chi connectivity index (χ4n) is 3.01. The van der Waals surface area contributed by atoms with Gasteiger partial charge in [0.05, 0.1) is 19.6 Å². The molecule has 0 aromatic heterocycles. The largest absolute Gasteiger partial charge is 0.491 e. The molecule has 2 aromatic rings. The van der Waals surface area contributed by atoms with E-state index >= 15 is 0 Å². The number of morpholine rings is 1. The Kier molecular flexibility index (Phi) is 6.06. The summed E-state index contributed by atoms with van der Waals surface area (Å²) in [6.45, 7) is 4.95. The molecule has 1 amide bonds. The summed E-state index contributed by atoms with van der Waals surface area (Å²) in [5.74, 6) is -0.937. The highest BCUT2D eigenvalue weighted by molar-refractivity contribution is 5.79. The van der Waals surface area contributed by atoms with Crippen molar-refractivity contribution in [2.45, 2.75) is 26.4 Å². The zero-order valence-corrected chi connectivity index (χ0v) is 15.5. The van der Waals surface area contributed by atoms with Crippen LogP contribution in [-0.2, 0) is 16.0 Å². The molecule has 0 radical (unpaired) electrons. The molecule has 27 heavy (non-hydrogen) atoms. The molecule has 1 fully saturated rings. The van der Waals surface area contributed by atoms with E-state index in [2.05, 4.69) is 0 Å². The molecule has 0 N–H and O–H groups in total. The van der Waals surface area contributed by atoms with Gasteiger partial charge in [0.25, 0.3) is 0 Å². The molecule has 1 aliphatic rings. The number of ether oxygens (including phenoxy) is 2. The quantitative estimate of drug-likeness (QED) is 0.804. The first-order valence-corrected chi connectivity index (χ1v) is 8.96. The minimum atomic E-state index is -0.695. The average molecular weight is 375 g/mol. The minimum Gasteiger partial charge on any atom is -0.491 e. The lowest BCUT2D eigenvalue weighted by atomic mass is 10.1. The van der Waals surface area contributed by atoms with Gasteiger partial charge in [-0.15, -0.1) is 0 Å². The van der Waals surface area contributed by atoms with Gasteiger partial charge in [-0.1, -0.05) is 23.8 Å². The SMILES string of the molecule is Cc1ccc(OCC2CN(C(=O)Cc3c(F)ccc(C)c3F)CCO2)cc1. The fourth-order valence-corrected chi connectivity index (χ4v) is 3.01. The Morgan fingerprint density at radius 1 is 1.19 bits per heavy atom. The van der Waals surface area contributed by atoms with E-state index < -0.39 is 11.6 Å². The van der Waals surface area contributed by atoms with Crippen LogP contribution in [0.2, 0.25) is 0 Å². The summed E-state index contributed by atoms with van der Waals surface area (Å²) < 4.78 is 39.4. The molecule has 1 heterocycles. The van der Waals surface area contributed by atoms with Gasteiger partial charge >= 0.3 is 0 Å². The first-order valence-electron chi connectivity index (χ1n) is 8.96. The Morgan fingerprint density at radius 3 is 2.67 bits per heavy atom. The number of carbonyl (C=O) groups excluding carboxylic acids is 1. The van der Waals surface area contributed by atoms with E-state index in [4.69, 9.17) is 9.47 Å². The van der Waals surface area contributed by atoms with Crippen molar-refractivity contribution < 1.29 is 23.0 Å². The first kappa shape index (κ1) is 19.3. The summed E-state index contributed by atoms with van der Waals surface area (Å²) in [5, 5.41) is 0. The van der Waals surface area contributed by atoms with Gasteiger partial charge in [-0.3, -0.25) is 4.79 Å². The topological polar surface area (TPSA) is 38.8 Å². The van der Waals surface area contributed by atoms with Crippen molar-refractivity contribution in [2.75, 3.05) is 26.3 Å². The third-order valence-corrected chi connectivity index (χ3v) is 4.66. The second-order valence-electron chi connectivity index (χ2n) is 6.79. The highest BCUT2D eigenvalue weighted by Crippen LogP contribution is 2.19. The molecule has 6 heteroatoms. The molecule has 1 aliphatic heterocycles. The highest BCUT2D eigenvalue weighted by atomic mass is 19.1. The van der Waals surface area contributed by atoms with E-state index in [-0.39, 0.29) is 24.0 Å². The predicted octanol–water partition coefficient (Wildman–Crippen LogP) is 3.43. The minimum absolute atomic E-state index is 0.182. The Morgan fingerprint density at radius 2 is 1.93 bits per heavy atom. The number of benzene rings is 2. The van der Waals surface area contributed by atoms with Crippen LogP contribution in [0.5, 0.6) is 5.75 Å². The lowest BCUT2D eigenvalue weighted by Gasteiger charge is -2.33. The maximum atomic E-state index is 14.1. The average Bonchev–Trinajstić information content (AvgIpc) is 2.68. The number of amides is 1. The molecule has 1 unspecified atom stereocenters. The lowest BCUT2D eigenvalue weighted by Crippen LogP contribution is -2.48. The molecule has 0 bridgehead atoms. The number of rotatable bonds is 5. The Balaban J connectivity index is 1.58. The van der Waals surface area contributed by atoms with Crippen LogP contribution in [0.4, 0.5) is 8.78 Å². The van der Waals surface area contributed by atoms with Gasteiger partial charge < -0.3 is 14.4 Å². The maximum Gasteiger partial charge on any atom is 0.227 e. The fraction of sp³-hybridized carbons (Fsp3) is 0.381. The van der Waals surface area contributed by atoms with E-state index in [1.54, 1.807) is 11.8 Å². The molecule has 0 spiro atoms. The van der Waals surface area contributed by atoms with Gasteiger partial charge in [-0.05, 0) is 37.6 Å². The van der Waals surface area contributed by atoms with E-state index in [0.29, 0.717) is 31.9 Å². The highest BCUT2D eigenvalue weighted by Gasteiger charge is 2.26. The molecule has 0 aliphatic carbocycles. The molecular formula is C21H23F2NO3. The molecule has 4 nitrogen and oxygen atoms in total. The zero-order chi connectivity index (χ0) is 19.4. The second-order valence-corrected chi connectivity index (χ2v) is 6.79. The number of hydrogen-bond donors (Lipinski definition) is 0. The first-order chi connectivity index (χ1) is 12.9. The summed E-state index contributed by atoms with van der Waals surface area (Å²) >= 11 is 0. The number of hydrogen-bond acceptors (Lipinski definition) is 3. The smallest absolute Gasteiger partial charge is 0.227 e. The van der Waals surface area contributed by atoms with Crippen LogP contribution in [0.15, 0.2) is 36.4 Å². The third kappa shape index (κ3) is 4.83. The third-order valence-electron chi connectivity index (χ3n) is 4.66. The van der Waals surface area contributed by atoms with Crippen molar-refractivity contribution in [3.63, 3.8) is 0 Å². The molecule has 0 saturated carbocycles. The van der Waals surface area contributed by atoms with E-state index in [1.807, 2.05) is 31.2 Å². The van der Waals surface area contributed by atoms with Crippen molar-refractivity contribution in [3.8, 4) is 5.75 Å². The summed E-state index contributed by atoms with van der Waals surface area (Å²) in [5.41, 5.74) is 1.29. The van der Waals surface area contributed by atoms with Gasteiger partial charge in [0.1, 0.15) is 30.1 Å². The molecule has 3 rings (SSSR count). The number of nitrogens with zero attached hydrogens (tertiary/aromatic N) is 1.